The fourth-order valence-electron chi connectivity index (χ4n) is 1.12. The summed E-state index contributed by atoms with van der Waals surface area (Å²) in [6, 6.07) is 1.70. The number of anilines is 3. The molecule has 0 fully saturated rings. The second-order valence-electron chi connectivity index (χ2n) is 3.10. The van der Waals surface area contributed by atoms with Crippen LogP contribution in [-0.4, -0.2) is 27.0 Å². The van der Waals surface area contributed by atoms with Crippen LogP contribution >= 0.6 is 0 Å². The Kier molecular flexibility index (Phi) is 2.50. The summed E-state index contributed by atoms with van der Waals surface area (Å²) < 4.78 is 0. The zero-order chi connectivity index (χ0) is 11.5. The molecular weight excluding hydrogens is 208 g/mol. The van der Waals surface area contributed by atoms with Gasteiger partial charge in [-0.25, -0.2) is 15.0 Å². The van der Waals surface area contributed by atoms with Crippen LogP contribution in [0, 0.1) is 0 Å². The summed E-state index contributed by atoms with van der Waals surface area (Å²) in [5.74, 6) is 0.779. The summed E-state index contributed by atoms with van der Waals surface area (Å²) in [6.07, 6.45) is 4.51. The third-order valence-electron chi connectivity index (χ3n) is 1.98. The van der Waals surface area contributed by atoms with Gasteiger partial charge < -0.3 is 5.73 Å². The zero-order valence-corrected chi connectivity index (χ0v) is 8.58. The molecule has 0 aliphatic rings. The predicted octanol–water partition coefficient (Wildman–Crippen LogP) is -0.0900. The molecule has 2 aromatic heterocycles. The number of nitrogens with two attached hydrogens (primary N) is 1. The largest absolute Gasteiger partial charge is 0.393 e. The van der Waals surface area contributed by atoms with E-state index >= 15 is 0 Å². The maximum Gasteiger partial charge on any atom is 0.275 e. The summed E-state index contributed by atoms with van der Waals surface area (Å²) in [7, 11) is 1.70. The van der Waals surface area contributed by atoms with Crippen molar-refractivity contribution in [3.63, 3.8) is 0 Å². The van der Waals surface area contributed by atoms with Crippen LogP contribution < -0.4 is 16.2 Å². The van der Waals surface area contributed by atoms with Crippen LogP contribution in [0.15, 0.2) is 29.5 Å². The normalized spacial score (nSPS) is 10.1. The minimum Gasteiger partial charge on any atom is -0.393 e. The first-order valence-corrected chi connectivity index (χ1v) is 4.54. The summed E-state index contributed by atoms with van der Waals surface area (Å²) >= 11 is 0. The van der Waals surface area contributed by atoms with Crippen molar-refractivity contribution in [1.82, 2.24) is 19.9 Å². The average molecular weight is 218 g/mol. The van der Waals surface area contributed by atoms with Crippen molar-refractivity contribution >= 4 is 17.6 Å². The Morgan fingerprint density at radius 3 is 2.62 bits per heavy atom. The van der Waals surface area contributed by atoms with Crippen molar-refractivity contribution in [3.8, 4) is 0 Å². The fraction of sp³-hybridized carbons (Fsp3) is 0.111. The van der Waals surface area contributed by atoms with E-state index in [-0.39, 0.29) is 11.2 Å². The van der Waals surface area contributed by atoms with E-state index in [0.717, 1.165) is 0 Å². The maximum absolute atomic E-state index is 11.3. The molecule has 0 aromatic carbocycles. The Bertz CT molecular complexity index is 537. The fourth-order valence-corrected chi connectivity index (χ4v) is 1.12. The number of nitrogen functional groups attached to an aromatic ring is 1. The Labute approximate surface area is 91.0 Å². The molecule has 0 unspecified atom stereocenters. The topological polar surface area (TPSA) is 101 Å². The second kappa shape index (κ2) is 3.97. The van der Waals surface area contributed by atoms with E-state index in [1.54, 1.807) is 30.4 Å². The van der Waals surface area contributed by atoms with Crippen molar-refractivity contribution < 1.29 is 0 Å². The number of aromatic amines is 1. The lowest BCUT2D eigenvalue weighted by molar-refractivity contribution is 0.963. The Balaban J connectivity index is 2.38. The van der Waals surface area contributed by atoms with Crippen LogP contribution in [0.5, 0.6) is 0 Å². The smallest absolute Gasteiger partial charge is 0.275 e. The van der Waals surface area contributed by atoms with Gasteiger partial charge in [-0.3, -0.25) is 14.7 Å². The third-order valence-corrected chi connectivity index (χ3v) is 1.98. The quantitative estimate of drug-likeness (QED) is 0.730. The van der Waals surface area contributed by atoms with Gasteiger partial charge in [-0.05, 0) is 6.07 Å². The Hall–Kier alpha value is -2.44. The van der Waals surface area contributed by atoms with Gasteiger partial charge in [-0.1, -0.05) is 0 Å². The predicted molar refractivity (Wildman–Crippen MR) is 59.4 cm³/mol. The first-order valence-electron chi connectivity index (χ1n) is 4.54. The molecule has 0 spiro atoms. The van der Waals surface area contributed by atoms with Crippen molar-refractivity contribution in [3.05, 3.63) is 35.0 Å². The molecule has 0 bridgehead atoms. The van der Waals surface area contributed by atoms with Crippen LogP contribution in [0.25, 0.3) is 0 Å². The molecule has 3 N–H and O–H groups in total. The molecule has 7 heteroatoms. The minimum atomic E-state index is -0.382. The molecule has 0 radical (unpaired) electrons. The highest BCUT2D eigenvalue weighted by atomic mass is 16.1. The van der Waals surface area contributed by atoms with Crippen molar-refractivity contribution in [2.24, 2.45) is 0 Å². The summed E-state index contributed by atoms with van der Waals surface area (Å²) in [5.41, 5.74) is 5.06. The van der Waals surface area contributed by atoms with E-state index in [1.807, 2.05) is 0 Å². The van der Waals surface area contributed by atoms with Crippen LogP contribution in [0.2, 0.25) is 0 Å². The molecule has 16 heavy (non-hydrogen) atoms. The minimum absolute atomic E-state index is 0.0751. The molecule has 0 atom stereocenters. The summed E-state index contributed by atoms with van der Waals surface area (Å²) in [4.78, 5) is 27.4. The summed E-state index contributed by atoms with van der Waals surface area (Å²) in [6.45, 7) is 0. The third kappa shape index (κ3) is 1.83. The van der Waals surface area contributed by atoms with Gasteiger partial charge in [-0.15, -0.1) is 0 Å². The number of rotatable bonds is 2. The van der Waals surface area contributed by atoms with Crippen molar-refractivity contribution in [2.75, 3.05) is 17.7 Å². The number of hydrogen-bond acceptors (Lipinski definition) is 6. The molecule has 0 aliphatic carbocycles. The number of nitrogens with zero attached hydrogens (tertiary/aromatic N) is 4. The van der Waals surface area contributed by atoms with Crippen molar-refractivity contribution in [2.45, 2.75) is 0 Å². The lowest BCUT2D eigenvalue weighted by Crippen LogP contribution is -2.21. The second-order valence-corrected chi connectivity index (χ2v) is 3.10. The van der Waals surface area contributed by atoms with Gasteiger partial charge in [0.25, 0.3) is 5.56 Å². The Morgan fingerprint density at radius 2 is 2.00 bits per heavy atom. The lowest BCUT2D eigenvalue weighted by atomic mass is 10.5. The number of hydrogen-bond donors (Lipinski definition) is 2. The first-order chi connectivity index (χ1) is 7.68. The Morgan fingerprint density at radius 1 is 1.31 bits per heavy atom. The number of H-pyrrole nitrogens is 1. The number of nitrogens with one attached hydrogen (secondary N) is 1. The van der Waals surface area contributed by atoms with E-state index in [9.17, 15) is 4.79 Å². The van der Waals surface area contributed by atoms with Gasteiger partial charge >= 0.3 is 0 Å². The van der Waals surface area contributed by atoms with E-state index in [0.29, 0.717) is 11.9 Å². The SMILES string of the molecule is CN(c1ncccn1)c1ncc(N)c(=O)[nH]1. The van der Waals surface area contributed by atoms with Crippen LogP contribution in [0.4, 0.5) is 17.6 Å². The highest BCUT2D eigenvalue weighted by Crippen LogP contribution is 2.12. The van der Waals surface area contributed by atoms with Gasteiger partial charge in [-0.2, -0.15) is 0 Å². The molecular formula is C9H10N6O. The molecule has 2 rings (SSSR count). The molecule has 7 nitrogen and oxygen atoms in total. The molecule has 82 valence electrons. The zero-order valence-electron chi connectivity index (χ0n) is 8.58. The summed E-state index contributed by atoms with van der Waals surface area (Å²) in [5, 5.41) is 0. The standard InChI is InChI=1S/C9H10N6O/c1-15(8-11-3-2-4-12-8)9-13-5-6(10)7(16)14-9/h2-5H,10H2,1H3,(H,13,14,16). The first kappa shape index (κ1) is 10.1. The highest BCUT2D eigenvalue weighted by molar-refractivity contribution is 5.47. The molecule has 0 amide bonds. The molecule has 2 heterocycles. The number of aromatic nitrogens is 4. The molecule has 2 aromatic rings. The van der Waals surface area contributed by atoms with Crippen LogP contribution in [-0.2, 0) is 0 Å². The van der Waals surface area contributed by atoms with E-state index in [1.165, 1.54) is 6.20 Å². The maximum atomic E-state index is 11.3. The van der Waals surface area contributed by atoms with Crippen molar-refractivity contribution in [1.29, 1.82) is 0 Å². The van der Waals surface area contributed by atoms with Gasteiger partial charge in [0.15, 0.2) is 0 Å². The molecule has 0 aliphatic heterocycles. The molecule has 0 saturated heterocycles. The van der Waals surface area contributed by atoms with E-state index < -0.39 is 0 Å². The van der Waals surface area contributed by atoms with Gasteiger partial charge in [0.2, 0.25) is 11.9 Å². The van der Waals surface area contributed by atoms with Gasteiger partial charge in [0.05, 0.1) is 6.20 Å². The van der Waals surface area contributed by atoms with Crippen LogP contribution in [0.1, 0.15) is 0 Å². The van der Waals surface area contributed by atoms with Gasteiger partial charge in [0.1, 0.15) is 5.69 Å². The van der Waals surface area contributed by atoms with E-state index in [2.05, 4.69) is 19.9 Å². The van der Waals surface area contributed by atoms with Crippen LogP contribution in [0.3, 0.4) is 0 Å². The monoisotopic (exact) mass is 218 g/mol. The molecule has 0 saturated carbocycles. The average Bonchev–Trinajstić information content (AvgIpc) is 2.33. The lowest BCUT2D eigenvalue weighted by Gasteiger charge is -2.14. The highest BCUT2D eigenvalue weighted by Gasteiger charge is 2.08. The van der Waals surface area contributed by atoms with E-state index in [4.69, 9.17) is 5.73 Å². The van der Waals surface area contributed by atoms with Gasteiger partial charge in [0, 0.05) is 19.4 Å².